The third-order valence-corrected chi connectivity index (χ3v) is 8.19. The summed E-state index contributed by atoms with van der Waals surface area (Å²) in [4.78, 5) is 0.240. The highest BCUT2D eigenvalue weighted by molar-refractivity contribution is 7.89. The Balaban J connectivity index is 1.57. The Kier molecular flexibility index (Phi) is 6.55. The highest BCUT2D eigenvalue weighted by atomic mass is 32.2. The summed E-state index contributed by atoms with van der Waals surface area (Å²) in [5.41, 5.74) is 3.37. The number of benzene rings is 3. The molecule has 7 nitrogen and oxygen atoms in total. The quantitative estimate of drug-likeness (QED) is 0.295. The van der Waals surface area contributed by atoms with Gasteiger partial charge < -0.3 is 9.47 Å². The number of para-hydroxylation sites is 1. The average molecular weight is 504 g/mol. The Bertz CT molecular complexity index is 1460. The molecule has 5 rings (SSSR count). The molecular weight excluding hydrogens is 474 g/mol. The first-order valence-corrected chi connectivity index (χ1v) is 13.3. The van der Waals surface area contributed by atoms with Crippen LogP contribution in [0.15, 0.2) is 83.8 Å². The molecule has 0 spiro atoms. The summed E-state index contributed by atoms with van der Waals surface area (Å²) in [6.07, 6.45) is 1.66. The molecule has 1 saturated carbocycles. The van der Waals surface area contributed by atoms with Crippen LogP contribution in [0.25, 0.3) is 5.69 Å². The van der Waals surface area contributed by atoms with Crippen molar-refractivity contribution >= 4 is 10.0 Å². The third-order valence-electron chi connectivity index (χ3n) is 6.28. The lowest BCUT2D eigenvalue weighted by atomic mass is 10.2. The maximum absolute atomic E-state index is 13.7. The Morgan fingerprint density at radius 3 is 2.31 bits per heavy atom. The zero-order valence-electron chi connectivity index (χ0n) is 20.6. The van der Waals surface area contributed by atoms with Gasteiger partial charge >= 0.3 is 0 Å². The van der Waals surface area contributed by atoms with Gasteiger partial charge in [-0.25, -0.2) is 13.1 Å². The molecule has 0 N–H and O–H groups in total. The summed E-state index contributed by atoms with van der Waals surface area (Å²) in [5.74, 6) is 1.80. The molecule has 1 aliphatic rings. The predicted molar refractivity (Wildman–Crippen MR) is 138 cm³/mol. The highest BCUT2D eigenvalue weighted by Gasteiger charge is 2.39. The summed E-state index contributed by atoms with van der Waals surface area (Å²) >= 11 is 0. The molecule has 1 aliphatic carbocycles. The monoisotopic (exact) mass is 503 g/mol. The molecule has 4 aromatic rings. The second kappa shape index (κ2) is 9.79. The number of aryl methyl sites for hydroxylation is 2. The minimum Gasteiger partial charge on any atom is -0.497 e. The van der Waals surface area contributed by atoms with Gasteiger partial charge in [-0.2, -0.15) is 9.40 Å². The van der Waals surface area contributed by atoms with Gasteiger partial charge in [-0.15, -0.1) is 0 Å². The van der Waals surface area contributed by atoms with Crippen LogP contribution >= 0.6 is 0 Å². The summed E-state index contributed by atoms with van der Waals surface area (Å²) in [6.45, 7) is 4.06. The van der Waals surface area contributed by atoms with Gasteiger partial charge in [0.25, 0.3) is 0 Å². The van der Waals surface area contributed by atoms with Crippen molar-refractivity contribution in [2.45, 2.75) is 44.2 Å². The smallest absolute Gasteiger partial charge is 0.243 e. The van der Waals surface area contributed by atoms with E-state index in [-0.39, 0.29) is 17.5 Å². The Labute approximate surface area is 212 Å². The first kappa shape index (κ1) is 24.1. The first-order chi connectivity index (χ1) is 17.4. The number of ether oxygens (including phenoxy) is 2. The Hall–Kier alpha value is -3.62. The summed E-state index contributed by atoms with van der Waals surface area (Å²) in [7, 11) is -2.19. The molecule has 1 aromatic heterocycles. The molecule has 1 heterocycles. The van der Waals surface area contributed by atoms with Crippen molar-refractivity contribution in [2.24, 2.45) is 0 Å². The van der Waals surface area contributed by atoms with Crippen LogP contribution in [0.5, 0.6) is 17.4 Å². The molecule has 1 fully saturated rings. The molecule has 186 valence electrons. The molecule has 0 aliphatic heterocycles. The molecule has 0 saturated heterocycles. The molecule has 0 bridgehead atoms. The van der Waals surface area contributed by atoms with Crippen LogP contribution in [-0.4, -0.2) is 35.7 Å². The van der Waals surface area contributed by atoms with E-state index in [4.69, 9.17) is 14.6 Å². The summed E-state index contributed by atoms with van der Waals surface area (Å²) < 4.78 is 42.4. The van der Waals surface area contributed by atoms with Crippen LogP contribution in [0, 0.1) is 13.8 Å². The highest BCUT2D eigenvalue weighted by Crippen LogP contribution is 2.38. The van der Waals surface area contributed by atoms with Gasteiger partial charge in [0.1, 0.15) is 11.5 Å². The lowest BCUT2D eigenvalue weighted by Crippen LogP contribution is -2.33. The van der Waals surface area contributed by atoms with Crippen molar-refractivity contribution in [3.05, 3.63) is 95.7 Å². The van der Waals surface area contributed by atoms with Crippen molar-refractivity contribution in [3.8, 4) is 23.1 Å². The Morgan fingerprint density at radius 2 is 1.67 bits per heavy atom. The number of sulfonamides is 1. The second-order valence-corrected chi connectivity index (χ2v) is 10.9. The van der Waals surface area contributed by atoms with Gasteiger partial charge in [0, 0.05) is 12.6 Å². The van der Waals surface area contributed by atoms with Gasteiger partial charge in [-0.05, 0) is 80.8 Å². The fraction of sp³-hybridized carbons (Fsp3) is 0.250. The van der Waals surface area contributed by atoms with Crippen molar-refractivity contribution in [1.82, 2.24) is 14.1 Å². The Morgan fingerprint density at radius 1 is 0.944 bits per heavy atom. The minimum absolute atomic E-state index is 0.0524. The van der Waals surface area contributed by atoms with Gasteiger partial charge in [-0.1, -0.05) is 30.3 Å². The molecule has 0 amide bonds. The second-order valence-electron chi connectivity index (χ2n) is 8.99. The van der Waals surface area contributed by atoms with E-state index in [1.54, 1.807) is 40.4 Å². The van der Waals surface area contributed by atoms with Crippen molar-refractivity contribution in [2.75, 3.05) is 7.11 Å². The van der Waals surface area contributed by atoms with Crippen LogP contribution in [0.4, 0.5) is 0 Å². The van der Waals surface area contributed by atoms with E-state index in [1.165, 1.54) is 0 Å². The fourth-order valence-electron chi connectivity index (χ4n) is 4.17. The maximum Gasteiger partial charge on any atom is 0.243 e. The lowest BCUT2D eigenvalue weighted by molar-refractivity contribution is 0.383. The van der Waals surface area contributed by atoms with Crippen LogP contribution in [0.1, 0.15) is 29.7 Å². The third kappa shape index (κ3) is 4.87. The fourth-order valence-corrected chi connectivity index (χ4v) is 5.82. The van der Waals surface area contributed by atoms with E-state index in [0.29, 0.717) is 17.4 Å². The van der Waals surface area contributed by atoms with Gasteiger partial charge in [0.05, 0.1) is 29.0 Å². The van der Waals surface area contributed by atoms with Crippen molar-refractivity contribution in [3.63, 3.8) is 0 Å². The standard InChI is InChI=1S/C28H29N3O4S/c1-20-8-7-11-25(18-20)35-28-27(21(2)29-31(28)23-9-5-4-6-10-23)19-30(22-12-13-22)36(32,33)26-16-14-24(34-3)15-17-26/h4-11,14-18,22H,12-13,19H2,1-3H3. The molecule has 0 unspecified atom stereocenters. The minimum atomic E-state index is -3.74. The zero-order chi connectivity index (χ0) is 25.3. The molecule has 0 radical (unpaired) electrons. The van der Waals surface area contributed by atoms with E-state index in [1.807, 2.05) is 68.4 Å². The number of aromatic nitrogens is 2. The molecule has 36 heavy (non-hydrogen) atoms. The first-order valence-electron chi connectivity index (χ1n) is 11.9. The number of methoxy groups -OCH3 is 1. The van der Waals surface area contributed by atoms with Gasteiger partial charge in [-0.3, -0.25) is 0 Å². The number of rotatable bonds is 9. The molecule has 8 heteroatoms. The SMILES string of the molecule is COc1ccc(S(=O)(=O)N(Cc2c(C)nn(-c3ccccc3)c2Oc2cccc(C)c2)C2CC2)cc1. The normalized spacial score (nSPS) is 13.7. The van der Waals surface area contributed by atoms with E-state index in [9.17, 15) is 8.42 Å². The van der Waals surface area contributed by atoms with Crippen molar-refractivity contribution in [1.29, 1.82) is 0 Å². The van der Waals surface area contributed by atoms with Crippen LogP contribution in [0.3, 0.4) is 0 Å². The summed E-state index contributed by atoms with van der Waals surface area (Å²) in [6, 6.07) is 24.0. The van der Waals surface area contributed by atoms with E-state index < -0.39 is 10.0 Å². The van der Waals surface area contributed by atoms with Crippen LogP contribution in [-0.2, 0) is 16.6 Å². The van der Waals surface area contributed by atoms with E-state index in [2.05, 4.69) is 0 Å². The van der Waals surface area contributed by atoms with Crippen molar-refractivity contribution < 1.29 is 17.9 Å². The average Bonchev–Trinajstić information content (AvgIpc) is 3.68. The number of nitrogens with zero attached hydrogens (tertiary/aromatic N) is 3. The molecule has 3 aromatic carbocycles. The molecule has 0 atom stereocenters. The zero-order valence-corrected chi connectivity index (χ0v) is 21.4. The lowest BCUT2D eigenvalue weighted by Gasteiger charge is -2.22. The van der Waals surface area contributed by atoms with Crippen LogP contribution < -0.4 is 9.47 Å². The topological polar surface area (TPSA) is 73.7 Å². The van der Waals surface area contributed by atoms with E-state index >= 15 is 0 Å². The largest absolute Gasteiger partial charge is 0.497 e. The van der Waals surface area contributed by atoms with Gasteiger partial charge in [0.2, 0.25) is 15.9 Å². The molecular formula is C28H29N3O4S. The van der Waals surface area contributed by atoms with Crippen LogP contribution in [0.2, 0.25) is 0 Å². The summed E-state index contributed by atoms with van der Waals surface area (Å²) in [5, 5.41) is 4.76. The van der Waals surface area contributed by atoms with Gasteiger partial charge in [0.15, 0.2) is 0 Å². The number of hydrogen-bond acceptors (Lipinski definition) is 5. The van der Waals surface area contributed by atoms with E-state index in [0.717, 1.165) is 35.3 Å². The number of hydrogen-bond donors (Lipinski definition) is 0. The maximum atomic E-state index is 13.7. The predicted octanol–water partition coefficient (Wildman–Crippen LogP) is 5.64.